The van der Waals surface area contributed by atoms with E-state index in [-0.39, 0.29) is 4.90 Å². The molecule has 2 fully saturated rings. The monoisotopic (exact) mass is 321 g/mol. The summed E-state index contributed by atoms with van der Waals surface area (Å²) in [5.74, 6) is -2.75. The Balaban J connectivity index is 1.63. The lowest BCUT2D eigenvalue weighted by Gasteiger charge is -2.16. The molecule has 22 heavy (non-hydrogen) atoms. The minimum atomic E-state index is -4.23. The van der Waals surface area contributed by atoms with E-state index in [1.54, 1.807) is 18.2 Å². The van der Waals surface area contributed by atoms with E-state index >= 15 is 0 Å². The Bertz CT molecular complexity index is 757. The van der Waals surface area contributed by atoms with Crippen molar-refractivity contribution in [2.24, 2.45) is 11.8 Å². The zero-order valence-corrected chi connectivity index (χ0v) is 12.0. The van der Waals surface area contributed by atoms with E-state index < -0.39 is 46.0 Å². The van der Waals surface area contributed by atoms with Crippen LogP contribution in [-0.4, -0.2) is 37.5 Å². The number of imide groups is 1. The number of hydrogen-bond donors (Lipinski definition) is 0. The van der Waals surface area contributed by atoms with Crippen molar-refractivity contribution in [1.29, 1.82) is 0 Å². The van der Waals surface area contributed by atoms with Gasteiger partial charge in [-0.2, -0.15) is 8.42 Å². The van der Waals surface area contributed by atoms with E-state index in [1.807, 2.05) is 0 Å². The molecule has 1 aromatic carbocycles. The lowest BCUT2D eigenvalue weighted by Crippen LogP contribution is -2.36. The minimum Gasteiger partial charge on any atom is -0.365 e. The van der Waals surface area contributed by atoms with Crippen molar-refractivity contribution in [3.8, 4) is 0 Å². The van der Waals surface area contributed by atoms with Crippen molar-refractivity contribution in [2.75, 3.05) is 0 Å². The van der Waals surface area contributed by atoms with Crippen LogP contribution < -0.4 is 0 Å². The molecule has 7 nitrogen and oxygen atoms in total. The highest BCUT2D eigenvalue weighted by Crippen LogP contribution is 2.45. The van der Waals surface area contributed by atoms with E-state index in [4.69, 9.17) is 9.02 Å². The fourth-order valence-corrected chi connectivity index (χ4v) is 4.00. The Hall–Kier alpha value is -2.03. The lowest BCUT2D eigenvalue weighted by atomic mass is 9.85. The van der Waals surface area contributed by atoms with Gasteiger partial charge in [0.1, 0.15) is 0 Å². The molecule has 4 atom stereocenters. The molecule has 3 aliphatic heterocycles. The van der Waals surface area contributed by atoms with Gasteiger partial charge in [0.05, 0.1) is 28.9 Å². The molecule has 114 valence electrons. The number of rotatable bonds is 3. The maximum Gasteiger partial charge on any atom is 0.318 e. The first kappa shape index (κ1) is 13.6. The molecule has 0 spiro atoms. The Morgan fingerprint density at radius 2 is 1.50 bits per heavy atom. The molecule has 1 aromatic rings. The van der Waals surface area contributed by atoms with Crippen LogP contribution in [0.3, 0.4) is 0 Å². The first-order valence-corrected chi connectivity index (χ1v) is 8.11. The predicted molar refractivity (Wildman–Crippen MR) is 71.3 cm³/mol. The van der Waals surface area contributed by atoms with Gasteiger partial charge in [0.25, 0.3) is 11.8 Å². The van der Waals surface area contributed by atoms with Crippen LogP contribution in [0.5, 0.6) is 0 Å². The summed E-state index contributed by atoms with van der Waals surface area (Å²) in [6, 6.07) is 7.36. The molecule has 0 aliphatic carbocycles. The van der Waals surface area contributed by atoms with Crippen molar-refractivity contribution in [1.82, 2.24) is 5.06 Å². The summed E-state index contributed by atoms with van der Waals surface area (Å²) in [6.45, 7) is 0. The second-order valence-electron chi connectivity index (χ2n) is 5.31. The van der Waals surface area contributed by atoms with Crippen LogP contribution >= 0.6 is 0 Å². The van der Waals surface area contributed by atoms with Crippen molar-refractivity contribution in [3.63, 3.8) is 0 Å². The van der Waals surface area contributed by atoms with Gasteiger partial charge in [0.2, 0.25) is 0 Å². The van der Waals surface area contributed by atoms with E-state index in [9.17, 15) is 18.0 Å². The molecule has 0 radical (unpaired) electrons. The molecule has 2 amide bonds. The number of nitrogens with zero attached hydrogens (tertiary/aromatic N) is 1. The fourth-order valence-electron chi connectivity index (χ4n) is 3.08. The van der Waals surface area contributed by atoms with Gasteiger partial charge in [0, 0.05) is 0 Å². The highest BCUT2D eigenvalue weighted by atomic mass is 32.2. The second-order valence-corrected chi connectivity index (χ2v) is 6.84. The first-order valence-electron chi connectivity index (χ1n) is 6.70. The summed E-state index contributed by atoms with van der Waals surface area (Å²) >= 11 is 0. The number of carbonyl (C=O) groups excluding carboxylic acids is 2. The maximum absolute atomic E-state index is 12.3. The number of carbonyl (C=O) groups is 2. The van der Waals surface area contributed by atoms with Gasteiger partial charge < -0.3 is 4.74 Å². The molecular weight excluding hydrogens is 310 g/mol. The second kappa shape index (κ2) is 4.48. The number of ether oxygens (including phenoxy) is 1. The van der Waals surface area contributed by atoms with Crippen molar-refractivity contribution >= 4 is 21.9 Å². The highest BCUT2D eigenvalue weighted by molar-refractivity contribution is 7.86. The molecular formula is C14H11NO6S. The number of hydrogen-bond acceptors (Lipinski definition) is 6. The van der Waals surface area contributed by atoms with Gasteiger partial charge >= 0.3 is 10.1 Å². The molecule has 4 rings (SSSR count). The molecule has 0 saturated carbocycles. The molecule has 3 heterocycles. The average Bonchev–Trinajstić information content (AvgIpc) is 3.18. The quantitative estimate of drug-likeness (QED) is 0.585. The van der Waals surface area contributed by atoms with Crippen LogP contribution in [-0.2, 0) is 28.7 Å². The normalized spacial score (nSPS) is 32.8. The Labute approximate surface area is 126 Å². The predicted octanol–water partition coefficient (Wildman–Crippen LogP) is 0.245. The molecule has 3 aliphatic rings. The lowest BCUT2D eigenvalue weighted by molar-refractivity contribution is -0.168. The van der Waals surface area contributed by atoms with E-state index in [0.29, 0.717) is 5.06 Å². The van der Waals surface area contributed by atoms with Gasteiger partial charge in [0.15, 0.2) is 0 Å². The molecule has 0 N–H and O–H groups in total. The van der Waals surface area contributed by atoms with Crippen LogP contribution in [0.1, 0.15) is 0 Å². The SMILES string of the molecule is O=C1C2C3C=CC(O3)C2C(=O)N1OS(=O)(=O)c1ccccc1. The third kappa shape index (κ3) is 1.78. The average molecular weight is 321 g/mol. The third-order valence-corrected chi connectivity index (χ3v) is 5.27. The molecule has 0 aromatic heterocycles. The van der Waals surface area contributed by atoms with E-state index in [2.05, 4.69) is 0 Å². The largest absolute Gasteiger partial charge is 0.365 e. The summed E-state index contributed by atoms with van der Waals surface area (Å²) in [5.41, 5.74) is 0. The van der Waals surface area contributed by atoms with Crippen molar-refractivity contribution in [2.45, 2.75) is 17.1 Å². The van der Waals surface area contributed by atoms with Crippen molar-refractivity contribution < 1.29 is 27.0 Å². The summed E-state index contributed by atoms with van der Waals surface area (Å²) < 4.78 is 34.6. The molecule has 4 unspecified atom stereocenters. The molecule has 2 saturated heterocycles. The van der Waals surface area contributed by atoms with Crippen LogP contribution in [0.25, 0.3) is 0 Å². The van der Waals surface area contributed by atoms with Crippen molar-refractivity contribution in [3.05, 3.63) is 42.5 Å². The molecule has 8 heteroatoms. The topological polar surface area (TPSA) is 90.0 Å². The van der Waals surface area contributed by atoms with Crippen LogP contribution in [0.4, 0.5) is 0 Å². The fraction of sp³-hybridized carbons (Fsp3) is 0.286. The van der Waals surface area contributed by atoms with Crippen LogP contribution in [0, 0.1) is 11.8 Å². The van der Waals surface area contributed by atoms with Crippen LogP contribution in [0.2, 0.25) is 0 Å². The van der Waals surface area contributed by atoms with Gasteiger partial charge in [-0.3, -0.25) is 9.59 Å². The number of fused-ring (bicyclic) bond motifs is 5. The molecule has 2 bridgehead atoms. The van der Waals surface area contributed by atoms with Gasteiger partial charge in [-0.05, 0) is 12.1 Å². The highest BCUT2D eigenvalue weighted by Gasteiger charge is 2.62. The van der Waals surface area contributed by atoms with E-state index in [0.717, 1.165) is 0 Å². The summed E-state index contributed by atoms with van der Waals surface area (Å²) in [7, 11) is -4.23. The number of benzene rings is 1. The Kier molecular flexibility index (Phi) is 2.77. The summed E-state index contributed by atoms with van der Waals surface area (Å²) in [6.07, 6.45) is 2.46. The van der Waals surface area contributed by atoms with Gasteiger partial charge in [-0.25, -0.2) is 0 Å². The van der Waals surface area contributed by atoms with Gasteiger partial charge in [-0.1, -0.05) is 30.4 Å². The first-order chi connectivity index (χ1) is 10.5. The maximum atomic E-state index is 12.3. The minimum absolute atomic E-state index is 0.120. The summed E-state index contributed by atoms with van der Waals surface area (Å²) in [5, 5.41) is 0.368. The number of hydroxylamine groups is 2. The van der Waals surface area contributed by atoms with Crippen LogP contribution in [0.15, 0.2) is 47.4 Å². The zero-order valence-electron chi connectivity index (χ0n) is 11.2. The number of amides is 2. The van der Waals surface area contributed by atoms with Gasteiger partial charge in [-0.15, -0.1) is 9.35 Å². The third-order valence-electron chi connectivity index (χ3n) is 4.07. The standard InChI is InChI=1S/C14H11NO6S/c16-13-11-9-6-7-10(20-9)12(11)14(17)15(13)21-22(18,19)8-4-2-1-3-5-8/h1-7,9-12H. The Morgan fingerprint density at radius 3 is 2.05 bits per heavy atom. The zero-order chi connectivity index (χ0) is 15.5. The Morgan fingerprint density at radius 1 is 0.955 bits per heavy atom. The summed E-state index contributed by atoms with van der Waals surface area (Å²) in [4.78, 5) is 24.5. The smallest absolute Gasteiger partial charge is 0.318 e. The van der Waals surface area contributed by atoms with E-state index in [1.165, 1.54) is 24.3 Å².